The van der Waals surface area contributed by atoms with Crippen molar-refractivity contribution in [1.82, 2.24) is 0 Å². The molecular formula is C75H120O12. The molecule has 0 aliphatic carbocycles. The zero-order chi connectivity index (χ0) is 64.5. The monoisotopic (exact) mass is 1210 g/mol. The van der Waals surface area contributed by atoms with Crippen LogP contribution in [-0.4, -0.2) is 75.5 Å². The van der Waals surface area contributed by atoms with Gasteiger partial charge >= 0.3 is 35.8 Å². The summed E-state index contributed by atoms with van der Waals surface area (Å²) >= 11 is 0. The SMILES string of the molecule is CC(C)CCCCCCOC(=O)c1cccc(C(=O)OCCCCCCC(C)C)c1.CCCCC(CC)COC(=O)c1cccc(C(=O)OCC(CC)CCCC)c1.CCCCC(CC)COC(=O)c1cccc(C(=O)OCCCCCCC(C)C)c1. The molecule has 0 bridgehead atoms. The minimum Gasteiger partial charge on any atom is -0.462 e. The number of unbranched alkanes of at least 4 members (excludes halogenated alkanes) is 12. The topological polar surface area (TPSA) is 158 Å². The number of hydrogen-bond acceptors (Lipinski definition) is 12. The number of ether oxygens (including phenoxy) is 6. The van der Waals surface area contributed by atoms with Gasteiger partial charge in [0.25, 0.3) is 0 Å². The van der Waals surface area contributed by atoms with Crippen LogP contribution in [0.25, 0.3) is 0 Å². The summed E-state index contributed by atoms with van der Waals surface area (Å²) < 4.78 is 32.5. The maximum atomic E-state index is 12.4. The first kappa shape index (κ1) is 79.5. The van der Waals surface area contributed by atoms with E-state index < -0.39 is 0 Å². The quantitative estimate of drug-likeness (QED) is 0.0300. The van der Waals surface area contributed by atoms with Crippen LogP contribution in [0.5, 0.6) is 0 Å². The average Bonchev–Trinajstić information content (AvgIpc) is 3.72. The highest BCUT2D eigenvalue weighted by molar-refractivity contribution is 5.97. The van der Waals surface area contributed by atoms with Crippen LogP contribution in [0.1, 0.15) is 319 Å². The van der Waals surface area contributed by atoms with Crippen LogP contribution in [0.2, 0.25) is 0 Å². The summed E-state index contributed by atoms with van der Waals surface area (Å²) in [6, 6.07) is 19.9. The third-order valence-electron chi connectivity index (χ3n) is 15.7. The van der Waals surface area contributed by atoms with Gasteiger partial charge in [0.05, 0.1) is 73.0 Å². The van der Waals surface area contributed by atoms with E-state index in [1.54, 1.807) is 72.8 Å². The van der Waals surface area contributed by atoms with Gasteiger partial charge in [-0.1, -0.05) is 236 Å². The van der Waals surface area contributed by atoms with Gasteiger partial charge < -0.3 is 28.4 Å². The Balaban J connectivity index is 0.000000653. The van der Waals surface area contributed by atoms with Crippen molar-refractivity contribution in [2.45, 2.75) is 256 Å². The number of benzene rings is 3. The van der Waals surface area contributed by atoms with E-state index in [0.29, 0.717) is 90.8 Å². The van der Waals surface area contributed by atoms with Crippen LogP contribution in [0.15, 0.2) is 72.8 Å². The summed E-state index contributed by atoms with van der Waals surface area (Å²) in [5.74, 6) is 1.16. The van der Waals surface area contributed by atoms with E-state index in [1.807, 2.05) is 0 Å². The molecule has 0 aliphatic rings. The van der Waals surface area contributed by atoms with Gasteiger partial charge in [0.15, 0.2) is 0 Å². The predicted octanol–water partition coefficient (Wildman–Crippen LogP) is 20.5. The van der Waals surface area contributed by atoms with Crippen LogP contribution < -0.4 is 0 Å². The first-order valence-corrected chi connectivity index (χ1v) is 34.3. The highest BCUT2D eigenvalue weighted by Gasteiger charge is 2.19. The Bertz CT molecular complexity index is 2190. The molecule has 0 amide bonds. The molecule has 0 saturated heterocycles. The van der Waals surface area contributed by atoms with E-state index in [-0.39, 0.29) is 35.8 Å². The Hall–Kier alpha value is -5.52. The molecular weight excluding hydrogens is 1090 g/mol. The van der Waals surface area contributed by atoms with Crippen molar-refractivity contribution in [3.05, 3.63) is 106 Å². The summed E-state index contributed by atoms with van der Waals surface area (Å²) in [6.45, 7) is 28.8. The first-order valence-electron chi connectivity index (χ1n) is 34.3. The van der Waals surface area contributed by atoms with E-state index in [0.717, 1.165) is 133 Å². The molecule has 12 heteroatoms. The highest BCUT2D eigenvalue weighted by atomic mass is 16.6. The van der Waals surface area contributed by atoms with Gasteiger partial charge in [0.2, 0.25) is 0 Å². The van der Waals surface area contributed by atoms with E-state index >= 15 is 0 Å². The molecule has 0 aromatic heterocycles. The minimum absolute atomic E-state index is 0.375. The molecule has 3 rings (SSSR count). The molecule has 0 saturated carbocycles. The smallest absolute Gasteiger partial charge is 0.338 e. The summed E-state index contributed by atoms with van der Waals surface area (Å²) in [5.41, 5.74) is 2.40. The van der Waals surface area contributed by atoms with Crippen molar-refractivity contribution in [2.24, 2.45) is 35.5 Å². The second-order valence-corrected chi connectivity index (χ2v) is 25.0. The van der Waals surface area contributed by atoms with Crippen molar-refractivity contribution in [3.63, 3.8) is 0 Å². The average molecular weight is 1210 g/mol. The molecule has 87 heavy (non-hydrogen) atoms. The van der Waals surface area contributed by atoms with Crippen LogP contribution in [0.3, 0.4) is 0 Å². The lowest BCUT2D eigenvalue weighted by atomic mass is 10.0. The van der Waals surface area contributed by atoms with Crippen molar-refractivity contribution < 1.29 is 57.2 Å². The van der Waals surface area contributed by atoms with Crippen molar-refractivity contribution in [2.75, 3.05) is 39.6 Å². The fraction of sp³-hybridized carbons (Fsp3) is 0.680. The van der Waals surface area contributed by atoms with Crippen LogP contribution in [0.4, 0.5) is 0 Å². The summed E-state index contributed by atoms with van der Waals surface area (Å²) in [7, 11) is 0. The molecule has 0 spiro atoms. The van der Waals surface area contributed by atoms with E-state index in [9.17, 15) is 28.8 Å². The van der Waals surface area contributed by atoms with Gasteiger partial charge in [-0.15, -0.1) is 0 Å². The Morgan fingerprint density at radius 3 is 0.713 bits per heavy atom. The molecule has 492 valence electrons. The lowest BCUT2D eigenvalue weighted by Crippen LogP contribution is -2.16. The molecule has 0 heterocycles. The number of esters is 6. The second kappa shape index (κ2) is 51.4. The standard InChI is InChI=1S/C26H42O4.C25H40O4.C24H38O4/c1-21(2)14-9-5-7-11-18-29-25(27)23-16-13-17-24(20-23)26(28)30-19-12-8-6-10-15-22(3)4;1-5-7-14-21(6-2)19-29-25(27)23-16-12-15-22(18-23)24(26)28-17-11-9-8-10-13-20(3)4;1-5-9-12-19(7-3)17-27-23(25)21-14-11-15-22(16-21)24(26)28-18-20(8-4)13-10-6-2/h13,16-17,20-22H,5-12,14-15,18-19H2,1-4H3;12,15-16,18,20-21H,5-11,13-14,17,19H2,1-4H3;11,14-16,19-20H,5-10,12-13,17-18H2,1-4H3. The van der Waals surface area contributed by atoms with Crippen LogP contribution >= 0.6 is 0 Å². The van der Waals surface area contributed by atoms with Crippen molar-refractivity contribution >= 4 is 35.8 Å². The molecule has 0 N–H and O–H groups in total. The predicted molar refractivity (Wildman–Crippen MR) is 355 cm³/mol. The van der Waals surface area contributed by atoms with Gasteiger partial charge in [-0.2, -0.15) is 0 Å². The minimum atomic E-state index is -0.379. The maximum absolute atomic E-state index is 12.4. The normalized spacial score (nSPS) is 12.0. The fourth-order valence-corrected chi connectivity index (χ4v) is 9.61. The zero-order valence-electron chi connectivity index (χ0n) is 56.6. The molecule has 3 aromatic rings. The summed E-state index contributed by atoms with van der Waals surface area (Å²) in [5, 5.41) is 0. The van der Waals surface area contributed by atoms with Crippen molar-refractivity contribution in [3.8, 4) is 0 Å². The van der Waals surface area contributed by atoms with Gasteiger partial charge in [-0.25, -0.2) is 28.8 Å². The third-order valence-corrected chi connectivity index (χ3v) is 15.7. The lowest BCUT2D eigenvalue weighted by Gasteiger charge is -2.15. The third kappa shape index (κ3) is 39.9. The molecule has 3 unspecified atom stereocenters. The highest BCUT2D eigenvalue weighted by Crippen LogP contribution is 2.20. The maximum Gasteiger partial charge on any atom is 0.338 e. The first-order chi connectivity index (χ1) is 41.9. The largest absolute Gasteiger partial charge is 0.462 e. The number of rotatable bonds is 45. The number of hydrogen-bond donors (Lipinski definition) is 0. The van der Waals surface area contributed by atoms with Gasteiger partial charge in [0.1, 0.15) is 0 Å². The Morgan fingerprint density at radius 1 is 0.287 bits per heavy atom. The Labute approximate surface area is 528 Å². The number of carbonyl (C=O) groups is 6. The molecule has 0 aliphatic heterocycles. The zero-order valence-corrected chi connectivity index (χ0v) is 56.6. The van der Waals surface area contributed by atoms with Crippen molar-refractivity contribution in [1.29, 1.82) is 0 Å². The van der Waals surface area contributed by atoms with Crippen LogP contribution in [-0.2, 0) is 28.4 Å². The molecule has 0 fully saturated rings. The van der Waals surface area contributed by atoms with Gasteiger partial charge in [-0.05, 0) is 129 Å². The number of carbonyl (C=O) groups excluding carboxylic acids is 6. The van der Waals surface area contributed by atoms with E-state index in [1.165, 1.54) is 57.8 Å². The summed E-state index contributed by atoms with van der Waals surface area (Å²) in [4.78, 5) is 73.8. The molecule has 12 nitrogen and oxygen atoms in total. The van der Waals surface area contributed by atoms with Gasteiger partial charge in [-0.3, -0.25) is 0 Å². The fourth-order valence-electron chi connectivity index (χ4n) is 9.61. The Kier molecular flexibility index (Phi) is 46.9. The second-order valence-electron chi connectivity index (χ2n) is 25.0. The molecule has 3 atom stereocenters. The molecule has 0 radical (unpaired) electrons. The summed E-state index contributed by atoms with van der Waals surface area (Å²) in [6.07, 6.45) is 29.9. The van der Waals surface area contributed by atoms with E-state index in [4.69, 9.17) is 28.4 Å². The Morgan fingerprint density at radius 2 is 0.506 bits per heavy atom. The van der Waals surface area contributed by atoms with Crippen LogP contribution in [0, 0.1) is 35.5 Å². The van der Waals surface area contributed by atoms with E-state index in [2.05, 4.69) is 83.1 Å². The molecule has 3 aromatic carbocycles. The van der Waals surface area contributed by atoms with Gasteiger partial charge in [0, 0.05) is 0 Å². The lowest BCUT2D eigenvalue weighted by molar-refractivity contribution is 0.0413.